The van der Waals surface area contributed by atoms with Crippen LogP contribution in [0.4, 0.5) is 5.69 Å². The molecule has 8 heteroatoms. The van der Waals surface area contributed by atoms with E-state index in [-0.39, 0.29) is 5.91 Å². The van der Waals surface area contributed by atoms with Crippen LogP contribution >= 0.6 is 34.8 Å². The first-order valence-corrected chi connectivity index (χ1v) is 12.4. The lowest BCUT2D eigenvalue weighted by molar-refractivity contribution is 0.0941. The number of benzene rings is 2. The topological polar surface area (TPSA) is 54.5 Å². The Kier molecular flexibility index (Phi) is 8.54. The van der Waals surface area contributed by atoms with Crippen molar-refractivity contribution >= 4 is 46.4 Å². The van der Waals surface area contributed by atoms with Crippen LogP contribution in [0.3, 0.4) is 0 Å². The third-order valence-electron chi connectivity index (χ3n) is 6.04. The quantitative estimate of drug-likeness (QED) is 0.380. The number of ether oxygens (including phenoxy) is 1. The minimum atomic E-state index is -0.221. The molecular weight excluding hydrogens is 493 g/mol. The summed E-state index contributed by atoms with van der Waals surface area (Å²) in [5.74, 6) is 0.658. The predicted molar refractivity (Wildman–Crippen MR) is 139 cm³/mol. The Labute approximate surface area is 215 Å². The summed E-state index contributed by atoms with van der Waals surface area (Å²) in [7, 11) is 0. The molecule has 2 heterocycles. The Bertz CT molecular complexity index is 1120. The van der Waals surface area contributed by atoms with Crippen molar-refractivity contribution in [2.45, 2.75) is 19.3 Å². The molecule has 3 aromatic rings. The van der Waals surface area contributed by atoms with E-state index in [0.717, 1.165) is 31.5 Å². The molecule has 5 nitrogen and oxygen atoms in total. The monoisotopic (exact) mass is 517 g/mol. The second-order valence-corrected chi connectivity index (χ2v) is 9.54. The Morgan fingerprint density at radius 3 is 2.53 bits per heavy atom. The Balaban J connectivity index is 1.31. The van der Waals surface area contributed by atoms with Crippen molar-refractivity contribution in [1.82, 2.24) is 10.3 Å². The number of halogens is 3. The number of hydrogen-bond donors (Lipinski definition) is 1. The second kappa shape index (κ2) is 11.8. The van der Waals surface area contributed by atoms with E-state index in [2.05, 4.69) is 15.2 Å². The molecular formula is C26H26Cl3N3O2. The lowest BCUT2D eigenvalue weighted by atomic mass is 9.96. The van der Waals surface area contributed by atoms with Crippen LogP contribution in [-0.2, 0) is 6.42 Å². The highest BCUT2D eigenvalue weighted by atomic mass is 35.5. The molecule has 0 unspecified atom stereocenters. The van der Waals surface area contributed by atoms with E-state index >= 15 is 0 Å². The third-order valence-corrected chi connectivity index (χ3v) is 6.94. The number of anilines is 1. The van der Waals surface area contributed by atoms with Gasteiger partial charge in [0.25, 0.3) is 5.91 Å². The number of nitrogens with one attached hydrogen (secondary N) is 1. The van der Waals surface area contributed by atoms with Crippen LogP contribution in [0.2, 0.25) is 15.1 Å². The van der Waals surface area contributed by atoms with Crippen LogP contribution in [-0.4, -0.2) is 37.1 Å². The predicted octanol–water partition coefficient (Wildman–Crippen LogP) is 6.31. The largest absolute Gasteiger partial charge is 0.492 e. The van der Waals surface area contributed by atoms with E-state index in [1.807, 2.05) is 30.6 Å². The van der Waals surface area contributed by atoms with Gasteiger partial charge in [-0.2, -0.15) is 0 Å². The van der Waals surface area contributed by atoms with Gasteiger partial charge >= 0.3 is 0 Å². The zero-order valence-electron chi connectivity index (χ0n) is 18.6. The van der Waals surface area contributed by atoms with Gasteiger partial charge in [-0.1, -0.05) is 46.9 Å². The van der Waals surface area contributed by atoms with Crippen LogP contribution in [0.1, 0.15) is 28.8 Å². The minimum Gasteiger partial charge on any atom is -0.492 e. The SMILES string of the molecule is O=C(NCC1CCN(c2ccncc2)CC1)c1c(Cl)cccc1OCCc1ccc(Cl)cc1Cl. The average molecular weight is 519 g/mol. The number of piperidine rings is 1. The molecule has 178 valence electrons. The van der Waals surface area contributed by atoms with Gasteiger partial charge in [0.1, 0.15) is 5.75 Å². The molecule has 1 N–H and O–H groups in total. The van der Waals surface area contributed by atoms with Crippen molar-refractivity contribution in [3.63, 3.8) is 0 Å². The van der Waals surface area contributed by atoms with Crippen molar-refractivity contribution in [3.05, 3.63) is 87.1 Å². The molecule has 1 saturated heterocycles. The number of hydrogen-bond acceptors (Lipinski definition) is 4. The molecule has 34 heavy (non-hydrogen) atoms. The molecule has 0 aliphatic carbocycles. The standard InChI is InChI=1S/C26H26Cl3N3O2/c27-20-5-4-19(23(29)16-20)10-15-34-24-3-1-2-22(28)25(24)26(33)31-17-18-8-13-32(14-9-18)21-6-11-30-12-7-21/h1-7,11-12,16,18H,8-10,13-15,17H2,(H,31,33). The molecule has 2 aromatic carbocycles. The second-order valence-electron chi connectivity index (χ2n) is 8.29. The van der Waals surface area contributed by atoms with Crippen molar-refractivity contribution in [2.75, 3.05) is 31.1 Å². The van der Waals surface area contributed by atoms with Crippen molar-refractivity contribution in [2.24, 2.45) is 5.92 Å². The van der Waals surface area contributed by atoms with E-state index in [1.165, 1.54) is 5.69 Å². The van der Waals surface area contributed by atoms with E-state index < -0.39 is 0 Å². The molecule has 0 atom stereocenters. The molecule has 0 spiro atoms. The summed E-state index contributed by atoms with van der Waals surface area (Å²) in [6.45, 7) is 2.88. The maximum atomic E-state index is 13.0. The lowest BCUT2D eigenvalue weighted by Crippen LogP contribution is -2.38. The summed E-state index contributed by atoms with van der Waals surface area (Å²) < 4.78 is 5.93. The Morgan fingerprint density at radius 2 is 1.79 bits per heavy atom. The van der Waals surface area contributed by atoms with Gasteiger partial charge in [0.15, 0.2) is 0 Å². The maximum absolute atomic E-state index is 13.0. The molecule has 1 aliphatic rings. The van der Waals surface area contributed by atoms with Gasteiger partial charge in [0.05, 0.1) is 17.2 Å². The van der Waals surface area contributed by atoms with Crippen LogP contribution < -0.4 is 15.0 Å². The highest BCUT2D eigenvalue weighted by Crippen LogP contribution is 2.28. The molecule has 1 fully saturated rings. The number of carbonyl (C=O) groups excluding carboxylic acids is 1. The first kappa shape index (κ1) is 24.6. The van der Waals surface area contributed by atoms with Gasteiger partial charge in [-0.15, -0.1) is 0 Å². The maximum Gasteiger partial charge on any atom is 0.256 e. The number of aromatic nitrogens is 1. The minimum absolute atomic E-state index is 0.221. The number of rotatable bonds is 8. The molecule has 1 aliphatic heterocycles. The summed E-state index contributed by atoms with van der Waals surface area (Å²) in [5.41, 5.74) is 2.48. The number of carbonyl (C=O) groups is 1. The highest BCUT2D eigenvalue weighted by Gasteiger charge is 2.22. The molecule has 0 bridgehead atoms. The first-order valence-electron chi connectivity index (χ1n) is 11.3. The molecule has 1 amide bonds. The van der Waals surface area contributed by atoms with Gasteiger partial charge in [-0.3, -0.25) is 9.78 Å². The fourth-order valence-corrected chi connectivity index (χ4v) is 4.87. The van der Waals surface area contributed by atoms with E-state index in [4.69, 9.17) is 39.5 Å². The van der Waals surface area contributed by atoms with Crippen LogP contribution in [0.25, 0.3) is 0 Å². The Hall–Kier alpha value is -2.47. The summed E-state index contributed by atoms with van der Waals surface area (Å²) >= 11 is 18.6. The summed E-state index contributed by atoms with van der Waals surface area (Å²) in [4.78, 5) is 19.4. The third kappa shape index (κ3) is 6.35. The van der Waals surface area contributed by atoms with Crippen molar-refractivity contribution in [1.29, 1.82) is 0 Å². The Morgan fingerprint density at radius 1 is 1.03 bits per heavy atom. The summed E-state index contributed by atoms with van der Waals surface area (Å²) in [5, 5.41) is 4.61. The molecule has 1 aromatic heterocycles. The average Bonchev–Trinajstić information content (AvgIpc) is 2.85. The van der Waals surface area contributed by atoms with Crippen LogP contribution in [0.5, 0.6) is 5.75 Å². The highest BCUT2D eigenvalue weighted by molar-refractivity contribution is 6.35. The normalized spacial score (nSPS) is 14.1. The number of pyridine rings is 1. The molecule has 0 saturated carbocycles. The summed E-state index contributed by atoms with van der Waals surface area (Å²) in [6, 6.07) is 14.7. The van der Waals surface area contributed by atoms with Gasteiger partial charge in [-0.05, 0) is 60.7 Å². The van der Waals surface area contributed by atoms with Gasteiger partial charge in [0, 0.05) is 54.2 Å². The van der Waals surface area contributed by atoms with E-state index in [0.29, 0.717) is 51.9 Å². The van der Waals surface area contributed by atoms with Gasteiger partial charge in [0.2, 0.25) is 0 Å². The fraction of sp³-hybridized carbons (Fsp3) is 0.308. The van der Waals surface area contributed by atoms with Crippen LogP contribution in [0.15, 0.2) is 60.9 Å². The van der Waals surface area contributed by atoms with Crippen molar-refractivity contribution < 1.29 is 9.53 Å². The van der Waals surface area contributed by atoms with Gasteiger partial charge in [-0.25, -0.2) is 0 Å². The number of amides is 1. The number of nitrogens with zero attached hydrogens (tertiary/aromatic N) is 2. The fourth-order valence-electron chi connectivity index (χ4n) is 4.12. The van der Waals surface area contributed by atoms with Gasteiger partial charge < -0.3 is 15.0 Å². The van der Waals surface area contributed by atoms with Crippen LogP contribution in [0, 0.1) is 5.92 Å². The zero-order chi connectivity index (χ0) is 23.9. The lowest BCUT2D eigenvalue weighted by Gasteiger charge is -2.33. The molecule has 0 radical (unpaired) electrons. The summed E-state index contributed by atoms with van der Waals surface area (Å²) in [6.07, 6.45) is 6.23. The smallest absolute Gasteiger partial charge is 0.256 e. The van der Waals surface area contributed by atoms with E-state index in [1.54, 1.807) is 30.3 Å². The molecule has 4 rings (SSSR count). The first-order chi connectivity index (χ1) is 16.5. The van der Waals surface area contributed by atoms with E-state index in [9.17, 15) is 4.79 Å². The zero-order valence-corrected chi connectivity index (χ0v) is 20.9. The van der Waals surface area contributed by atoms with Crippen molar-refractivity contribution in [3.8, 4) is 5.75 Å².